The third-order valence-corrected chi connectivity index (χ3v) is 4.07. The molecule has 0 aliphatic carbocycles. The van der Waals surface area contributed by atoms with Crippen LogP contribution in [0.15, 0.2) is 36.4 Å². The SMILES string of the molecule is COc1ccc(CNC(=O)CCC(=O)O)cc1OCc1c(F)cccc1Cl. The summed E-state index contributed by atoms with van der Waals surface area (Å²) in [6.07, 6.45) is -0.327. The third kappa shape index (κ3) is 6.14. The van der Waals surface area contributed by atoms with Crippen LogP contribution < -0.4 is 14.8 Å². The van der Waals surface area contributed by atoms with E-state index in [1.807, 2.05) is 0 Å². The Balaban J connectivity index is 2.04. The minimum absolute atomic E-state index is 0.0870. The Hall–Kier alpha value is -2.80. The van der Waals surface area contributed by atoms with Crippen molar-refractivity contribution in [2.24, 2.45) is 0 Å². The summed E-state index contributed by atoms with van der Waals surface area (Å²) in [5, 5.41) is 11.5. The number of hydrogen-bond acceptors (Lipinski definition) is 4. The number of methoxy groups -OCH3 is 1. The van der Waals surface area contributed by atoms with Gasteiger partial charge in [0, 0.05) is 18.5 Å². The number of nitrogens with one attached hydrogen (secondary N) is 1. The van der Waals surface area contributed by atoms with Crippen LogP contribution in [0.5, 0.6) is 11.5 Å². The van der Waals surface area contributed by atoms with E-state index in [1.165, 1.54) is 19.2 Å². The van der Waals surface area contributed by atoms with E-state index in [2.05, 4.69) is 5.32 Å². The van der Waals surface area contributed by atoms with Crippen LogP contribution in [-0.2, 0) is 22.7 Å². The van der Waals surface area contributed by atoms with Crippen molar-refractivity contribution < 1.29 is 28.6 Å². The predicted molar refractivity (Wildman–Crippen MR) is 97.5 cm³/mol. The van der Waals surface area contributed by atoms with Gasteiger partial charge < -0.3 is 19.9 Å². The molecule has 0 atom stereocenters. The van der Waals surface area contributed by atoms with Crippen LogP contribution in [0.3, 0.4) is 0 Å². The molecular formula is C19H19ClFNO5. The van der Waals surface area contributed by atoms with Gasteiger partial charge in [0.15, 0.2) is 11.5 Å². The topological polar surface area (TPSA) is 84.9 Å². The Bertz CT molecular complexity index is 807. The van der Waals surface area contributed by atoms with E-state index in [0.29, 0.717) is 17.1 Å². The van der Waals surface area contributed by atoms with Gasteiger partial charge in [-0.15, -0.1) is 0 Å². The molecule has 0 saturated carbocycles. The molecule has 0 fully saturated rings. The number of carboxylic acid groups (broad SMARTS) is 1. The number of carbonyl (C=O) groups is 2. The number of halogens is 2. The Morgan fingerprint density at radius 2 is 1.96 bits per heavy atom. The van der Waals surface area contributed by atoms with Crippen molar-refractivity contribution in [2.45, 2.75) is 26.0 Å². The van der Waals surface area contributed by atoms with Crippen LogP contribution in [0.2, 0.25) is 5.02 Å². The fraction of sp³-hybridized carbons (Fsp3) is 0.263. The maximum atomic E-state index is 13.9. The van der Waals surface area contributed by atoms with Gasteiger partial charge in [0.1, 0.15) is 12.4 Å². The predicted octanol–water partition coefficient (Wildman–Crippen LogP) is 3.55. The highest BCUT2D eigenvalue weighted by Crippen LogP contribution is 2.30. The van der Waals surface area contributed by atoms with Crippen LogP contribution in [0.1, 0.15) is 24.0 Å². The minimum Gasteiger partial charge on any atom is -0.493 e. The zero-order valence-electron chi connectivity index (χ0n) is 14.6. The lowest BCUT2D eigenvalue weighted by molar-refractivity contribution is -0.138. The number of amides is 1. The van der Waals surface area contributed by atoms with Gasteiger partial charge in [-0.2, -0.15) is 0 Å². The second-order valence-electron chi connectivity index (χ2n) is 5.64. The quantitative estimate of drug-likeness (QED) is 0.678. The molecule has 0 heterocycles. The lowest BCUT2D eigenvalue weighted by atomic mass is 10.2. The van der Waals surface area contributed by atoms with Gasteiger partial charge in [-0.05, 0) is 29.8 Å². The molecule has 1 amide bonds. The molecule has 2 aromatic carbocycles. The monoisotopic (exact) mass is 395 g/mol. The minimum atomic E-state index is -1.03. The largest absolute Gasteiger partial charge is 0.493 e. The molecular weight excluding hydrogens is 377 g/mol. The van der Waals surface area contributed by atoms with E-state index in [4.69, 9.17) is 26.2 Å². The Morgan fingerprint density at radius 3 is 2.63 bits per heavy atom. The first-order valence-electron chi connectivity index (χ1n) is 8.11. The number of ether oxygens (including phenoxy) is 2. The summed E-state index contributed by atoms with van der Waals surface area (Å²) in [6, 6.07) is 9.44. The molecule has 2 rings (SSSR count). The number of aliphatic carboxylic acids is 1. The van der Waals surface area contributed by atoms with E-state index in [9.17, 15) is 14.0 Å². The summed E-state index contributed by atoms with van der Waals surface area (Å²) in [5.41, 5.74) is 0.947. The van der Waals surface area contributed by atoms with Gasteiger partial charge >= 0.3 is 5.97 Å². The van der Waals surface area contributed by atoms with Gasteiger partial charge in [0.25, 0.3) is 0 Å². The Kier molecular flexibility index (Phi) is 7.43. The molecule has 6 nitrogen and oxygen atoms in total. The van der Waals surface area contributed by atoms with E-state index < -0.39 is 11.8 Å². The third-order valence-electron chi connectivity index (χ3n) is 3.72. The average molecular weight is 396 g/mol. The fourth-order valence-electron chi connectivity index (χ4n) is 2.27. The van der Waals surface area contributed by atoms with Crippen LogP contribution >= 0.6 is 11.6 Å². The highest BCUT2D eigenvalue weighted by atomic mass is 35.5. The number of benzene rings is 2. The summed E-state index contributed by atoms with van der Waals surface area (Å²) in [7, 11) is 1.48. The van der Waals surface area contributed by atoms with Crippen molar-refractivity contribution >= 4 is 23.5 Å². The molecule has 0 spiro atoms. The molecule has 0 aliphatic heterocycles. The van der Waals surface area contributed by atoms with Gasteiger partial charge in [0.2, 0.25) is 5.91 Å². The van der Waals surface area contributed by atoms with Crippen molar-refractivity contribution in [2.75, 3.05) is 7.11 Å². The standard InChI is InChI=1S/C19H19ClFNO5/c1-26-16-6-5-12(10-22-18(23)7-8-19(24)25)9-17(16)27-11-13-14(20)3-2-4-15(13)21/h2-6,9H,7-8,10-11H2,1H3,(H,22,23)(H,24,25). The van der Waals surface area contributed by atoms with E-state index >= 15 is 0 Å². The van der Waals surface area contributed by atoms with E-state index in [-0.39, 0.29) is 42.5 Å². The molecule has 0 radical (unpaired) electrons. The zero-order chi connectivity index (χ0) is 19.8. The molecule has 144 valence electrons. The Morgan fingerprint density at radius 1 is 1.19 bits per heavy atom. The van der Waals surface area contributed by atoms with Gasteiger partial charge in [-0.25, -0.2) is 4.39 Å². The smallest absolute Gasteiger partial charge is 0.303 e. The highest BCUT2D eigenvalue weighted by molar-refractivity contribution is 6.31. The van der Waals surface area contributed by atoms with Crippen molar-refractivity contribution in [3.05, 3.63) is 58.4 Å². The first-order valence-corrected chi connectivity index (χ1v) is 8.49. The molecule has 0 unspecified atom stereocenters. The van der Waals surface area contributed by atoms with Crippen molar-refractivity contribution in [3.63, 3.8) is 0 Å². The summed E-state index contributed by atoms with van der Waals surface area (Å²) >= 11 is 6.00. The fourth-order valence-corrected chi connectivity index (χ4v) is 2.49. The average Bonchev–Trinajstić information content (AvgIpc) is 2.64. The van der Waals surface area contributed by atoms with Crippen LogP contribution in [-0.4, -0.2) is 24.1 Å². The first-order chi connectivity index (χ1) is 12.9. The lowest BCUT2D eigenvalue weighted by Gasteiger charge is -2.14. The first kappa shape index (κ1) is 20.5. The van der Waals surface area contributed by atoms with Crippen molar-refractivity contribution in [3.8, 4) is 11.5 Å². The molecule has 27 heavy (non-hydrogen) atoms. The second kappa shape index (κ2) is 9.78. The number of hydrogen-bond donors (Lipinski definition) is 2. The summed E-state index contributed by atoms with van der Waals surface area (Å²) < 4.78 is 24.8. The molecule has 0 saturated heterocycles. The molecule has 8 heteroatoms. The van der Waals surface area contributed by atoms with Crippen molar-refractivity contribution in [1.82, 2.24) is 5.32 Å². The van der Waals surface area contributed by atoms with Gasteiger partial charge in [-0.1, -0.05) is 23.7 Å². The van der Waals surface area contributed by atoms with Gasteiger partial charge in [0.05, 0.1) is 18.6 Å². The maximum absolute atomic E-state index is 13.9. The normalized spacial score (nSPS) is 10.3. The number of rotatable bonds is 9. The summed E-state index contributed by atoms with van der Waals surface area (Å²) in [6.45, 7) is 0.107. The second-order valence-corrected chi connectivity index (χ2v) is 6.05. The van der Waals surface area contributed by atoms with E-state index in [0.717, 1.165) is 0 Å². The van der Waals surface area contributed by atoms with E-state index in [1.54, 1.807) is 24.3 Å². The lowest BCUT2D eigenvalue weighted by Crippen LogP contribution is -2.23. The maximum Gasteiger partial charge on any atom is 0.303 e. The molecule has 0 bridgehead atoms. The molecule has 2 aromatic rings. The molecule has 0 aromatic heterocycles. The molecule has 0 aliphatic rings. The Labute approximate surface area is 160 Å². The number of carbonyl (C=O) groups excluding carboxylic acids is 1. The van der Waals surface area contributed by atoms with Crippen LogP contribution in [0.4, 0.5) is 4.39 Å². The molecule has 2 N–H and O–H groups in total. The van der Waals surface area contributed by atoms with Crippen LogP contribution in [0.25, 0.3) is 0 Å². The zero-order valence-corrected chi connectivity index (χ0v) is 15.4. The van der Waals surface area contributed by atoms with Crippen LogP contribution in [0, 0.1) is 5.82 Å². The summed E-state index contributed by atoms with van der Waals surface area (Å²) in [4.78, 5) is 22.1. The van der Waals surface area contributed by atoms with Gasteiger partial charge in [-0.3, -0.25) is 9.59 Å². The summed E-state index contributed by atoms with van der Waals surface area (Å²) in [5.74, 6) is -1.05. The van der Waals surface area contributed by atoms with Crippen molar-refractivity contribution in [1.29, 1.82) is 0 Å². The number of carboxylic acids is 1. The highest BCUT2D eigenvalue weighted by Gasteiger charge is 2.12.